The SMILES string of the molecule is C=C(C)Nc1cc(N/C(=N/C(=C/CCC)C(/C=C\C(F)=C(C)C)=C\CC)c2ccc[nH]2)c(F)cn1. The molecule has 0 amide bonds. The van der Waals surface area contributed by atoms with Crippen molar-refractivity contribution in [3.63, 3.8) is 0 Å². The van der Waals surface area contributed by atoms with E-state index in [1.54, 1.807) is 39.1 Å². The van der Waals surface area contributed by atoms with Crippen LogP contribution in [0.2, 0.25) is 0 Å². The van der Waals surface area contributed by atoms with E-state index in [9.17, 15) is 8.78 Å². The van der Waals surface area contributed by atoms with Crippen molar-refractivity contribution in [1.82, 2.24) is 9.97 Å². The zero-order valence-electron chi connectivity index (χ0n) is 21.2. The monoisotopic (exact) mass is 479 g/mol. The Kier molecular flexibility index (Phi) is 10.9. The van der Waals surface area contributed by atoms with Gasteiger partial charge in [-0.15, -0.1) is 0 Å². The summed E-state index contributed by atoms with van der Waals surface area (Å²) in [5.41, 5.74) is 3.61. The number of aliphatic imine (C=N–C) groups is 1. The molecule has 2 heterocycles. The smallest absolute Gasteiger partial charge is 0.165 e. The molecule has 2 rings (SSSR count). The van der Waals surface area contributed by atoms with Crippen molar-refractivity contribution < 1.29 is 8.78 Å². The van der Waals surface area contributed by atoms with E-state index in [1.165, 1.54) is 6.08 Å². The first kappa shape index (κ1) is 27.5. The Morgan fingerprint density at radius 3 is 2.54 bits per heavy atom. The maximum atomic E-state index is 14.7. The highest BCUT2D eigenvalue weighted by Gasteiger charge is 2.13. The average molecular weight is 480 g/mol. The number of anilines is 2. The number of pyridine rings is 1. The number of hydrogen-bond donors (Lipinski definition) is 3. The standard InChI is InChI=1S/C28H35F2N5/c1-7-9-12-24(21(11-8-2)14-15-22(29)19(3)4)34-28(25-13-10-16-31-25)35-26-17-27(33-20(5)6)32-18-23(26)30/h10-18,31H,5,7-9H2,1-4,6H3,(H2,32,33,34,35)/b15-14-,21-11-,24-12+. The van der Waals surface area contributed by atoms with Crippen LogP contribution in [-0.4, -0.2) is 15.8 Å². The molecule has 0 fully saturated rings. The molecule has 0 unspecified atom stereocenters. The van der Waals surface area contributed by atoms with Gasteiger partial charge < -0.3 is 15.6 Å². The molecule has 2 aromatic rings. The Balaban J connectivity index is 2.59. The van der Waals surface area contributed by atoms with E-state index in [0.717, 1.165) is 31.0 Å². The van der Waals surface area contributed by atoms with Gasteiger partial charge >= 0.3 is 0 Å². The van der Waals surface area contributed by atoms with Crippen LogP contribution in [0.1, 0.15) is 59.6 Å². The third-order valence-electron chi connectivity index (χ3n) is 4.77. The molecule has 0 aliphatic carbocycles. The topological polar surface area (TPSA) is 65.1 Å². The van der Waals surface area contributed by atoms with Gasteiger partial charge in [0.1, 0.15) is 11.6 Å². The summed E-state index contributed by atoms with van der Waals surface area (Å²) >= 11 is 0. The number of allylic oxidation sites excluding steroid dienone is 7. The normalized spacial score (nSPS) is 12.7. The fourth-order valence-electron chi connectivity index (χ4n) is 3.02. The molecule has 0 aromatic carbocycles. The lowest BCUT2D eigenvalue weighted by molar-refractivity contribution is 0.626. The molecule has 0 saturated heterocycles. The molecule has 0 atom stereocenters. The summed E-state index contributed by atoms with van der Waals surface area (Å²) in [4.78, 5) is 12.1. The van der Waals surface area contributed by atoms with Crippen LogP contribution in [0.5, 0.6) is 0 Å². The van der Waals surface area contributed by atoms with E-state index in [-0.39, 0.29) is 11.5 Å². The van der Waals surface area contributed by atoms with Gasteiger partial charge in [-0.05, 0) is 63.0 Å². The third-order valence-corrected chi connectivity index (χ3v) is 4.77. The minimum Gasteiger partial charge on any atom is -0.359 e. The Morgan fingerprint density at radius 2 is 1.94 bits per heavy atom. The predicted octanol–water partition coefficient (Wildman–Crippen LogP) is 8.19. The molecule has 0 bridgehead atoms. The zero-order valence-corrected chi connectivity index (χ0v) is 21.2. The van der Waals surface area contributed by atoms with Gasteiger partial charge in [0.15, 0.2) is 11.7 Å². The van der Waals surface area contributed by atoms with Gasteiger partial charge in [0.05, 0.1) is 23.3 Å². The maximum absolute atomic E-state index is 14.7. The van der Waals surface area contributed by atoms with E-state index in [1.807, 2.05) is 31.2 Å². The highest BCUT2D eigenvalue weighted by atomic mass is 19.1. The van der Waals surface area contributed by atoms with Crippen molar-refractivity contribution in [3.05, 3.63) is 101 Å². The summed E-state index contributed by atoms with van der Waals surface area (Å²) in [5.74, 6) is 0.0675. The molecule has 0 aliphatic heterocycles. The molecule has 0 radical (unpaired) electrons. The summed E-state index contributed by atoms with van der Waals surface area (Å²) in [5, 5.41) is 6.10. The van der Waals surface area contributed by atoms with Crippen LogP contribution < -0.4 is 10.6 Å². The molecule has 186 valence electrons. The molecule has 5 nitrogen and oxygen atoms in total. The number of H-pyrrole nitrogens is 1. The number of unbranched alkanes of at least 4 members (excludes halogenated alkanes) is 1. The lowest BCUT2D eigenvalue weighted by atomic mass is 10.1. The number of amidine groups is 1. The van der Waals surface area contributed by atoms with E-state index < -0.39 is 5.82 Å². The van der Waals surface area contributed by atoms with Crippen LogP contribution in [0.3, 0.4) is 0 Å². The molecule has 3 N–H and O–H groups in total. The van der Waals surface area contributed by atoms with Crippen molar-refractivity contribution >= 4 is 17.3 Å². The number of halogens is 2. The van der Waals surface area contributed by atoms with Crippen LogP contribution in [0.4, 0.5) is 20.3 Å². The number of aromatic nitrogens is 2. The van der Waals surface area contributed by atoms with E-state index in [4.69, 9.17) is 4.99 Å². The Bertz CT molecular complexity index is 1150. The minimum atomic E-state index is -0.523. The number of rotatable bonds is 11. The Hall–Kier alpha value is -3.74. The lowest BCUT2D eigenvalue weighted by Crippen LogP contribution is -2.16. The van der Waals surface area contributed by atoms with E-state index in [0.29, 0.717) is 34.3 Å². The van der Waals surface area contributed by atoms with Gasteiger partial charge in [0, 0.05) is 18.0 Å². The molecule has 2 aromatic heterocycles. The zero-order chi connectivity index (χ0) is 25.8. The van der Waals surface area contributed by atoms with Crippen LogP contribution in [0, 0.1) is 5.82 Å². The molecule has 7 heteroatoms. The van der Waals surface area contributed by atoms with Gasteiger partial charge in [-0.1, -0.05) is 45.1 Å². The van der Waals surface area contributed by atoms with Crippen LogP contribution in [-0.2, 0) is 0 Å². The fraction of sp³-hybridized carbons (Fsp3) is 0.286. The molecular formula is C28H35F2N5. The number of aromatic amines is 1. The maximum Gasteiger partial charge on any atom is 0.165 e. The third kappa shape index (κ3) is 8.85. The number of nitrogens with one attached hydrogen (secondary N) is 3. The van der Waals surface area contributed by atoms with Crippen LogP contribution in [0.25, 0.3) is 0 Å². The van der Waals surface area contributed by atoms with Crippen LogP contribution in [0.15, 0.2) is 94.8 Å². The van der Waals surface area contributed by atoms with Crippen molar-refractivity contribution in [3.8, 4) is 0 Å². The average Bonchev–Trinajstić information content (AvgIpc) is 3.35. The highest BCUT2D eigenvalue weighted by Crippen LogP contribution is 2.22. The van der Waals surface area contributed by atoms with E-state index >= 15 is 0 Å². The second-order valence-corrected chi connectivity index (χ2v) is 8.25. The molecule has 35 heavy (non-hydrogen) atoms. The summed E-state index contributed by atoms with van der Waals surface area (Å²) in [7, 11) is 0. The predicted molar refractivity (Wildman–Crippen MR) is 144 cm³/mol. The van der Waals surface area contributed by atoms with Crippen molar-refractivity contribution in [2.45, 2.75) is 53.9 Å². The van der Waals surface area contributed by atoms with Crippen LogP contribution >= 0.6 is 0 Å². The lowest BCUT2D eigenvalue weighted by Gasteiger charge is -2.14. The molecular weight excluding hydrogens is 444 g/mol. The first-order valence-electron chi connectivity index (χ1n) is 11.7. The van der Waals surface area contributed by atoms with Gasteiger partial charge in [-0.3, -0.25) is 0 Å². The summed E-state index contributed by atoms with van der Waals surface area (Å²) < 4.78 is 28.9. The second kappa shape index (κ2) is 13.8. The number of nitrogens with zero attached hydrogens (tertiary/aromatic N) is 2. The van der Waals surface area contributed by atoms with E-state index in [2.05, 4.69) is 34.1 Å². The van der Waals surface area contributed by atoms with Gasteiger partial charge in [-0.25, -0.2) is 18.8 Å². The van der Waals surface area contributed by atoms with Gasteiger partial charge in [0.25, 0.3) is 0 Å². The van der Waals surface area contributed by atoms with Gasteiger partial charge in [-0.2, -0.15) is 0 Å². The Morgan fingerprint density at radius 1 is 1.17 bits per heavy atom. The summed E-state index contributed by atoms with van der Waals surface area (Å²) in [6.45, 7) is 13.1. The fourth-order valence-corrected chi connectivity index (χ4v) is 3.02. The highest BCUT2D eigenvalue weighted by molar-refractivity contribution is 6.08. The molecule has 0 spiro atoms. The van der Waals surface area contributed by atoms with Crippen molar-refractivity contribution in [1.29, 1.82) is 0 Å². The first-order valence-corrected chi connectivity index (χ1v) is 11.7. The van der Waals surface area contributed by atoms with Crippen molar-refractivity contribution in [2.75, 3.05) is 10.6 Å². The largest absolute Gasteiger partial charge is 0.359 e. The second-order valence-electron chi connectivity index (χ2n) is 8.25. The number of hydrogen-bond acceptors (Lipinski definition) is 3. The Labute approximate surface area is 207 Å². The summed E-state index contributed by atoms with van der Waals surface area (Å²) in [6.07, 6.45) is 12.5. The molecule has 0 saturated carbocycles. The summed E-state index contributed by atoms with van der Waals surface area (Å²) in [6, 6.07) is 5.24. The van der Waals surface area contributed by atoms with Crippen molar-refractivity contribution in [2.24, 2.45) is 4.99 Å². The minimum absolute atomic E-state index is 0.207. The molecule has 0 aliphatic rings. The van der Waals surface area contributed by atoms with Gasteiger partial charge in [0.2, 0.25) is 0 Å². The quantitative estimate of drug-likeness (QED) is 0.173. The first-order chi connectivity index (χ1) is 16.7.